The number of aromatic amines is 1. The first-order valence-electron chi connectivity index (χ1n) is 5.74. The molecule has 0 saturated heterocycles. The molecule has 0 aliphatic carbocycles. The summed E-state index contributed by atoms with van der Waals surface area (Å²) in [6.07, 6.45) is 0. The van der Waals surface area contributed by atoms with E-state index < -0.39 is 0 Å². The predicted octanol–water partition coefficient (Wildman–Crippen LogP) is 2.94. The van der Waals surface area contributed by atoms with Crippen LogP contribution in [-0.4, -0.2) is 22.1 Å². The number of fused-ring (bicyclic) bond motifs is 1. The quantitative estimate of drug-likeness (QED) is 0.748. The van der Waals surface area contributed by atoms with Gasteiger partial charge in [0.15, 0.2) is 5.65 Å². The summed E-state index contributed by atoms with van der Waals surface area (Å²) in [7, 11) is 1.66. The highest BCUT2D eigenvalue weighted by atomic mass is 16.5. The maximum atomic E-state index is 5.34. The van der Waals surface area contributed by atoms with Crippen molar-refractivity contribution in [2.45, 2.75) is 6.92 Å². The number of H-pyrrole nitrogens is 1. The van der Waals surface area contributed by atoms with Gasteiger partial charge < -0.3 is 9.72 Å². The third kappa shape index (κ3) is 1.72. The monoisotopic (exact) mass is 239 g/mol. The SMILES string of the molecule is COc1ccccc1-c1nc2nc(C)ccc2[nH]1. The number of para-hydroxylation sites is 1. The van der Waals surface area contributed by atoms with Crippen LogP contribution in [0.3, 0.4) is 0 Å². The Hall–Kier alpha value is -2.36. The van der Waals surface area contributed by atoms with Crippen molar-refractivity contribution in [3.05, 3.63) is 42.1 Å². The summed E-state index contributed by atoms with van der Waals surface area (Å²) in [6.45, 7) is 1.96. The van der Waals surface area contributed by atoms with Gasteiger partial charge in [-0.1, -0.05) is 12.1 Å². The summed E-state index contributed by atoms with van der Waals surface area (Å²) in [6, 6.07) is 11.7. The first-order chi connectivity index (χ1) is 8.78. The minimum Gasteiger partial charge on any atom is -0.496 e. The molecule has 0 amide bonds. The van der Waals surface area contributed by atoms with Gasteiger partial charge in [-0.2, -0.15) is 0 Å². The van der Waals surface area contributed by atoms with Crippen LogP contribution in [0.1, 0.15) is 5.69 Å². The minimum atomic E-state index is 0.732. The summed E-state index contributed by atoms with van der Waals surface area (Å²) in [5.74, 6) is 1.58. The first kappa shape index (κ1) is 10.8. The van der Waals surface area contributed by atoms with E-state index in [0.29, 0.717) is 0 Å². The number of hydrogen-bond donors (Lipinski definition) is 1. The Balaban J connectivity index is 2.19. The van der Waals surface area contributed by atoms with Gasteiger partial charge in [0.2, 0.25) is 0 Å². The summed E-state index contributed by atoms with van der Waals surface area (Å²) < 4.78 is 5.34. The molecule has 0 radical (unpaired) electrons. The van der Waals surface area contributed by atoms with E-state index in [1.54, 1.807) is 7.11 Å². The Morgan fingerprint density at radius 1 is 1.06 bits per heavy atom. The van der Waals surface area contributed by atoms with Crippen LogP contribution in [0.2, 0.25) is 0 Å². The van der Waals surface area contributed by atoms with E-state index in [0.717, 1.165) is 34.0 Å². The maximum absolute atomic E-state index is 5.34. The van der Waals surface area contributed by atoms with E-state index in [4.69, 9.17) is 4.74 Å². The van der Waals surface area contributed by atoms with Gasteiger partial charge in [0.05, 0.1) is 18.2 Å². The van der Waals surface area contributed by atoms with Crippen molar-refractivity contribution >= 4 is 11.2 Å². The van der Waals surface area contributed by atoms with Crippen LogP contribution in [0.25, 0.3) is 22.6 Å². The lowest BCUT2D eigenvalue weighted by Crippen LogP contribution is -1.88. The molecule has 4 heteroatoms. The Bertz CT molecular complexity index is 703. The van der Waals surface area contributed by atoms with Gasteiger partial charge in [0, 0.05) is 5.69 Å². The highest BCUT2D eigenvalue weighted by Crippen LogP contribution is 2.28. The minimum absolute atomic E-state index is 0.732. The highest BCUT2D eigenvalue weighted by molar-refractivity contribution is 5.77. The topological polar surface area (TPSA) is 50.8 Å². The lowest BCUT2D eigenvalue weighted by Gasteiger charge is -2.04. The van der Waals surface area contributed by atoms with Crippen LogP contribution in [0.4, 0.5) is 0 Å². The average Bonchev–Trinajstić information content (AvgIpc) is 2.81. The lowest BCUT2D eigenvalue weighted by atomic mass is 10.2. The second kappa shape index (κ2) is 4.14. The van der Waals surface area contributed by atoms with Crippen LogP contribution in [0.5, 0.6) is 5.75 Å². The molecule has 0 spiro atoms. The molecule has 0 aliphatic rings. The highest BCUT2D eigenvalue weighted by Gasteiger charge is 2.10. The van der Waals surface area contributed by atoms with E-state index >= 15 is 0 Å². The second-order valence-electron chi connectivity index (χ2n) is 4.11. The van der Waals surface area contributed by atoms with Crippen molar-refractivity contribution in [2.75, 3.05) is 7.11 Å². The molecular weight excluding hydrogens is 226 g/mol. The van der Waals surface area contributed by atoms with Crippen molar-refractivity contribution in [1.29, 1.82) is 0 Å². The van der Waals surface area contributed by atoms with Gasteiger partial charge in [0.25, 0.3) is 0 Å². The average molecular weight is 239 g/mol. The number of aryl methyl sites for hydroxylation is 1. The first-order valence-corrected chi connectivity index (χ1v) is 5.74. The van der Waals surface area contributed by atoms with Crippen LogP contribution in [-0.2, 0) is 0 Å². The smallest absolute Gasteiger partial charge is 0.178 e. The fraction of sp³-hybridized carbons (Fsp3) is 0.143. The Morgan fingerprint density at radius 3 is 2.72 bits per heavy atom. The molecule has 90 valence electrons. The third-order valence-electron chi connectivity index (χ3n) is 2.85. The maximum Gasteiger partial charge on any atom is 0.178 e. The number of rotatable bonds is 2. The zero-order valence-corrected chi connectivity index (χ0v) is 10.3. The standard InChI is InChI=1S/C14H13N3O/c1-9-7-8-11-14(15-9)17-13(16-11)10-5-3-4-6-12(10)18-2/h3-8H,1-2H3,(H,15,16,17). The van der Waals surface area contributed by atoms with Crippen LogP contribution in [0.15, 0.2) is 36.4 Å². The van der Waals surface area contributed by atoms with E-state index in [1.807, 2.05) is 43.3 Å². The Labute approximate surface area is 105 Å². The summed E-state index contributed by atoms with van der Waals surface area (Å²) in [5.41, 5.74) is 3.56. The van der Waals surface area contributed by atoms with Crippen LogP contribution in [0, 0.1) is 6.92 Å². The molecule has 3 rings (SSSR count). The van der Waals surface area contributed by atoms with Crippen molar-refractivity contribution in [3.63, 3.8) is 0 Å². The molecule has 1 N–H and O–H groups in total. The van der Waals surface area contributed by atoms with Gasteiger partial charge in [-0.3, -0.25) is 0 Å². The largest absolute Gasteiger partial charge is 0.496 e. The number of ether oxygens (including phenoxy) is 1. The van der Waals surface area contributed by atoms with E-state index in [1.165, 1.54) is 0 Å². The van der Waals surface area contributed by atoms with Gasteiger partial charge in [-0.05, 0) is 31.2 Å². The number of nitrogens with one attached hydrogen (secondary N) is 1. The normalized spacial score (nSPS) is 10.8. The zero-order valence-electron chi connectivity index (χ0n) is 10.3. The molecule has 0 saturated carbocycles. The van der Waals surface area contributed by atoms with Crippen LogP contribution >= 0.6 is 0 Å². The van der Waals surface area contributed by atoms with E-state index in [2.05, 4.69) is 15.0 Å². The van der Waals surface area contributed by atoms with Gasteiger partial charge in [-0.25, -0.2) is 9.97 Å². The number of benzene rings is 1. The molecule has 3 aromatic rings. The fourth-order valence-electron chi connectivity index (χ4n) is 1.96. The van der Waals surface area contributed by atoms with E-state index in [-0.39, 0.29) is 0 Å². The van der Waals surface area contributed by atoms with Crippen molar-refractivity contribution in [1.82, 2.24) is 15.0 Å². The molecule has 0 unspecified atom stereocenters. The Morgan fingerprint density at radius 2 is 1.89 bits per heavy atom. The Kier molecular flexibility index (Phi) is 2.48. The number of hydrogen-bond acceptors (Lipinski definition) is 3. The molecule has 0 aliphatic heterocycles. The number of methoxy groups -OCH3 is 1. The summed E-state index contributed by atoms with van der Waals surface area (Å²) >= 11 is 0. The summed E-state index contributed by atoms with van der Waals surface area (Å²) in [4.78, 5) is 12.2. The van der Waals surface area contributed by atoms with Gasteiger partial charge in [-0.15, -0.1) is 0 Å². The molecule has 4 nitrogen and oxygen atoms in total. The van der Waals surface area contributed by atoms with Gasteiger partial charge >= 0.3 is 0 Å². The van der Waals surface area contributed by atoms with Gasteiger partial charge in [0.1, 0.15) is 11.6 Å². The van der Waals surface area contributed by atoms with E-state index in [9.17, 15) is 0 Å². The second-order valence-corrected chi connectivity index (χ2v) is 4.11. The number of imidazole rings is 1. The molecule has 0 fully saturated rings. The molecule has 18 heavy (non-hydrogen) atoms. The molecule has 2 aromatic heterocycles. The third-order valence-corrected chi connectivity index (χ3v) is 2.85. The molecular formula is C14H13N3O. The summed E-state index contributed by atoms with van der Waals surface area (Å²) in [5, 5.41) is 0. The lowest BCUT2D eigenvalue weighted by molar-refractivity contribution is 0.416. The number of nitrogens with zero attached hydrogens (tertiary/aromatic N) is 2. The zero-order chi connectivity index (χ0) is 12.5. The molecule has 0 atom stereocenters. The van der Waals surface area contributed by atoms with Crippen molar-refractivity contribution < 1.29 is 4.74 Å². The molecule has 1 aromatic carbocycles. The van der Waals surface area contributed by atoms with Crippen molar-refractivity contribution in [3.8, 4) is 17.1 Å². The van der Waals surface area contributed by atoms with Crippen LogP contribution < -0.4 is 4.74 Å². The number of aromatic nitrogens is 3. The number of pyridine rings is 1. The molecule has 2 heterocycles. The van der Waals surface area contributed by atoms with Crippen molar-refractivity contribution in [2.24, 2.45) is 0 Å². The molecule has 0 bridgehead atoms. The fourth-order valence-corrected chi connectivity index (χ4v) is 1.96. The predicted molar refractivity (Wildman–Crippen MR) is 70.6 cm³/mol.